The number of amides is 1. The fourth-order valence-corrected chi connectivity index (χ4v) is 2.11. The summed E-state index contributed by atoms with van der Waals surface area (Å²) in [6.07, 6.45) is 0. The molecule has 1 rings (SSSR count). The number of carbonyl (C=O) groups is 1. The predicted molar refractivity (Wildman–Crippen MR) is 59.5 cm³/mol. The Morgan fingerprint density at radius 3 is 2.93 bits per heavy atom. The highest BCUT2D eigenvalue weighted by Gasteiger charge is 2.19. The molecule has 5 heteroatoms. The lowest BCUT2D eigenvalue weighted by Gasteiger charge is -2.19. The first kappa shape index (κ1) is 12.0. The lowest BCUT2D eigenvalue weighted by Crippen LogP contribution is -2.32. The molecule has 0 aliphatic rings. The Morgan fingerprint density at radius 1 is 1.67 bits per heavy atom. The Balaban J connectivity index is 2.82. The molecule has 0 spiro atoms. The van der Waals surface area contributed by atoms with Crippen LogP contribution in [-0.2, 0) is 0 Å². The van der Waals surface area contributed by atoms with Gasteiger partial charge in [0.2, 0.25) is 0 Å². The number of aliphatic hydroxyl groups is 1. The van der Waals surface area contributed by atoms with Crippen LogP contribution in [0.5, 0.6) is 5.75 Å². The lowest BCUT2D eigenvalue weighted by atomic mass is 10.3. The maximum atomic E-state index is 12.0. The van der Waals surface area contributed by atoms with Gasteiger partial charge in [-0.15, -0.1) is 11.3 Å². The number of nitrogens with zero attached hydrogens (tertiary/aromatic N) is 1. The monoisotopic (exact) mass is 229 g/mol. The number of thiophene rings is 1. The molecule has 0 saturated carbocycles. The summed E-state index contributed by atoms with van der Waals surface area (Å²) in [6.45, 7) is 2.80. The number of ether oxygens (including phenoxy) is 1. The minimum Gasteiger partial charge on any atom is -0.495 e. The van der Waals surface area contributed by atoms with Crippen LogP contribution in [0.1, 0.15) is 16.6 Å². The normalized spacial score (nSPS) is 10.1. The molecular weight excluding hydrogens is 214 g/mol. The molecule has 0 aliphatic carbocycles. The highest BCUT2D eigenvalue weighted by Crippen LogP contribution is 2.25. The summed E-state index contributed by atoms with van der Waals surface area (Å²) in [7, 11) is 1.54. The molecule has 0 bridgehead atoms. The van der Waals surface area contributed by atoms with Crippen LogP contribution >= 0.6 is 11.3 Å². The molecule has 0 aliphatic heterocycles. The summed E-state index contributed by atoms with van der Waals surface area (Å²) < 4.78 is 5.08. The van der Waals surface area contributed by atoms with Gasteiger partial charge < -0.3 is 14.7 Å². The highest BCUT2D eigenvalue weighted by molar-refractivity contribution is 7.12. The largest absolute Gasteiger partial charge is 0.495 e. The number of carbonyl (C=O) groups excluding carboxylic acids is 1. The fourth-order valence-electron chi connectivity index (χ4n) is 1.28. The van der Waals surface area contributed by atoms with Gasteiger partial charge in [0, 0.05) is 13.1 Å². The van der Waals surface area contributed by atoms with E-state index in [9.17, 15) is 4.79 Å². The van der Waals surface area contributed by atoms with E-state index >= 15 is 0 Å². The zero-order chi connectivity index (χ0) is 11.3. The Morgan fingerprint density at radius 2 is 2.40 bits per heavy atom. The third-order valence-corrected chi connectivity index (χ3v) is 2.97. The maximum absolute atomic E-state index is 12.0. The van der Waals surface area contributed by atoms with Gasteiger partial charge in [0.25, 0.3) is 5.91 Å². The second-order valence-corrected chi connectivity index (χ2v) is 3.84. The van der Waals surface area contributed by atoms with Crippen LogP contribution < -0.4 is 4.74 Å². The van der Waals surface area contributed by atoms with E-state index in [0.29, 0.717) is 23.7 Å². The van der Waals surface area contributed by atoms with Gasteiger partial charge in [-0.3, -0.25) is 4.79 Å². The van der Waals surface area contributed by atoms with E-state index in [1.54, 1.807) is 18.1 Å². The minimum atomic E-state index is -0.0848. The average Bonchev–Trinajstić information content (AvgIpc) is 2.72. The summed E-state index contributed by atoms with van der Waals surface area (Å²) in [5.74, 6) is 0.514. The summed E-state index contributed by atoms with van der Waals surface area (Å²) >= 11 is 1.35. The number of rotatable bonds is 5. The highest BCUT2D eigenvalue weighted by atomic mass is 32.1. The number of methoxy groups -OCH3 is 1. The zero-order valence-corrected chi connectivity index (χ0v) is 9.71. The Kier molecular flexibility index (Phi) is 4.58. The second kappa shape index (κ2) is 5.72. The predicted octanol–water partition coefficient (Wildman–Crippen LogP) is 1.21. The van der Waals surface area contributed by atoms with Gasteiger partial charge in [-0.25, -0.2) is 0 Å². The van der Waals surface area contributed by atoms with E-state index < -0.39 is 0 Å². The molecule has 0 atom stereocenters. The second-order valence-electron chi connectivity index (χ2n) is 2.93. The van der Waals surface area contributed by atoms with Crippen LogP contribution in [-0.4, -0.2) is 42.7 Å². The van der Waals surface area contributed by atoms with Crippen molar-refractivity contribution in [3.8, 4) is 5.75 Å². The van der Waals surface area contributed by atoms with Crippen molar-refractivity contribution in [1.82, 2.24) is 4.90 Å². The summed E-state index contributed by atoms with van der Waals surface area (Å²) in [6, 6.07) is 1.77. The number of aliphatic hydroxyl groups excluding tert-OH is 1. The molecule has 1 N–H and O–H groups in total. The average molecular weight is 229 g/mol. The van der Waals surface area contributed by atoms with Gasteiger partial charge in [0.15, 0.2) is 0 Å². The molecule has 1 aromatic heterocycles. The fraction of sp³-hybridized carbons (Fsp3) is 0.500. The molecule has 0 fully saturated rings. The van der Waals surface area contributed by atoms with Gasteiger partial charge in [0.1, 0.15) is 10.6 Å². The summed E-state index contributed by atoms with van der Waals surface area (Å²) in [5, 5.41) is 10.6. The van der Waals surface area contributed by atoms with Crippen LogP contribution in [0.2, 0.25) is 0 Å². The molecule has 0 radical (unpaired) electrons. The van der Waals surface area contributed by atoms with E-state index in [0.717, 1.165) is 0 Å². The van der Waals surface area contributed by atoms with E-state index in [-0.39, 0.29) is 12.5 Å². The third kappa shape index (κ3) is 2.70. The molecular formula is C10H15NO3S. The lowest BCUT2D eigenvalue weighted by molar-refractivity contribution is 0.0734. The van der Waals surface area contributed by atoms with Crippen molar-refractivity contribution in [2.75, 3.05) is 26.8 Å². The van der Waals surface area contributed by atoms with Gasteiger partial charge >= 0.3 is 0 Å². The molecule has 0 unspecified atom stereocenters. The SMILES string of the molecule is CCN(CCO)C(=O)c1sccc1OC. The van der Waals surface area contributed by atoms with Crippen molar-refractivity contribution in [2.24, 2.45) is 0 Å². The van der Waals surface area contributed by atoms with Gasteiger partial charge in [0.05, 0.1) is 13.7 Å². The molecule has 1 aromatic rings. The van der Waals surface area contributed by atoms with Crippen molar-refractivity contribution in [3.05, 3.63) is 16.3 Å². The van der Waals surface area contributed by atoms with Crippen molar-refractivity contribution in [2.45, 2.75) is 6.92 Å². The number of likely N-dealkylation sites (N-methyl/N-ethyl adjacent to an activating group) is 1. The number of hydrogen-bond acceptors (Lipinski definition) is 4. The van der Waals surface area contributed by atoms with Crippen LogP contribution in [0.25, 0.3) is 0 Å². The number of hydrogen-bond donors (Lipinski definition) is 1. The van der Waals surface area contributed by atoms with Crippen molar-refractivity contribution >= 4 is 17.2 Å². The maximum Gasteiger partial charge on any atom is 0.267 e. The molecule has 1 heterocycles. The van der Waals surface area contributed by atoms with E-state index in [2.05, 4.69) is 0 Å². The van der Waals surface area contributed by atoms with E-state index in [1.807, 2.05) is 12.3 Å². The van der Waals surface area contributed by atoms with Gasteiger partial charge in [-0.05, 0) is 18.4 Å². The third-order valence-electron chi connectivity index (χ3n) is 2.08. The van der Waals surface area contributed by atoms with Crippen LogP contribution in [0.4, 0.5) is 0 Å². The molecule has 1 amide bonds. The van der Waals surface area contributed by atoms with Crippen LogP contribution in [0.3, 0.4) is 0 Å². The van der Waals surface area contributed by atoms with Crippen molar-refractivity contribution in [1.29, 1.82) is 0 Å². The van der Waals surface area contributed by atoms with Gasteiger partial charge in [-0.1, -0.05) is 0 Å². The quantitative estimate of drug-likeness (QED) is 0.825. The standard InChI is InChI=1S/C10H15NO3S/c1-3-11(5-6-12)10(13)9-8(14-2)4-7-15-9/h4,7,12H,3,5-6H2,1-2H3. The first-order valence-corrected chi connectivity index (χ1v) is 5.64. The first-order valence-electron chi connectivity index (χ1n) is 4.76. The first-order chi connectivity index (χ1) is 7.24. The molecule has 15 heavy (non-hydrogen) atoms. The molecule has 84 valence electrons. The molecule has 0 saturated heterocycles. The van der Waals surface area contributed by atoms with Crippen LogP contribution in [0, 0.1) is 0 Å². The Hall–Kier alpha value is -1.07. The molecule has 4 nitrogen and oxygen atoms in total. The topological polar surface area (TPSA) is 49.8 Å². The van der Waals surface area contributed by atoms with Crippen molar-refractivity contribution < 1.29 is 14.6 Å². The van der Waals surface area contributed by atoms with Gasteiger partial charge in [-0.2, -0.15) is 0 Å². The molecule has 0 aromatic carbocycles. The van der Waals surface area contributed by atoms with Crippen LogP contribution in [0.15, 0.2) is 11.4 Å². The summed E-state index contributed by atoms with van der Waals surface area (Å²) in [4.78, 5) is 14.1. The van der Waals surface area contributed by atoms with E-state index in [4.69, 9.17) is 9.84 Å². The Bertz CT molecular complexity index is 324. The van der Waals surface area contributed by atoms with E-state index in [1.165, 1.54) is 11.3 Å². The Labute approximate surface area is 93.1 Å². The summed E-state index contributed by atoms with van der Waals surface area (Å²) in [5.41, 5.74) is 0. The minimum absolute atomic E-state index is 0.0206. The zero-order valence-electron chi connectivity index (χ0n) is 8.90. The van der Waals surface area contributed by atoms with Crippen molar-refractivity contribution in [3.63, 3.8) is 0 Å². The smallest absolute Gasteiger partial charge is 0.267 e.